The lowest BCUT2D eigenvalue weighted by Crippen LogP contribution is -2.33. The molecule has 0 unspecified atom stereocenters. The highest BCUT2D eigenvalue weighted by molar-refractivity contribution is 9.11. The van der Waals surface area contributed by atoms with Crippen molar-refractivity contribution in [3.63, 3.8) is 0 Å². The molecule has 0 radical (unpaired) electrons. The van der Waals surface area contributed by atoms with E-state index < -0.39 is 10.0 Å². The molecule has 0 amide bonds. The lowest BCUT2D eigenvalue weighted by atomic mass is 10.4. The minimum atomic E-state index is -3.40. The van der Waals surface area contributed by atoms with Gasteiger partial charge in [-0.25, -0.2) is 8.42 Å². The predicted octanol–water partition coefficient (Wildman–Crippen LogP) is 2.78. The molecule has 1 fully saturated rings. The second-order valence-electron chi connectivity index (χ2n) is 4.86. The maximum atomic E-state index is 12.7. The molecule has 0 aliphatic heterocycles. The second-order valence-corrected chi connectivity index (χ2v) is 9.22. The van der Waals surface area contributed by atoms with Crippen LogP contribution in [0.1, 0.15) is 31.1 Å². The standard InChI is InChI=1S/C12H19BrN2O2S2/c1-2-5-15(8-9-3-4-9)19(16,17)11-6-10(7-14)18-12(11)13/h6,9H,2-5,7-8,14H2,1H3. The Labute approximate surface area is 127 Å². The normalized spacial score (nSPS) is 16.2. The number of hydrogen-bond acceptors (Lipinski definition) is 4. The number of sulfonamides is 1. The van der Waals surface area contributed by atoms with Crippen LogP contribution in [0.25, 0.3) is 0 Å². The van der Waals surface area contributed by atoms with E-state index in [2.05, 4.69) is 15.9 Å². The minimum Gasteiger partial charge on any atom is -0.326 e. The second kappa shape index (κ2) is 6.22. The summed E-state index contributed by atoms with van der Waals surface area (Å²) in [5.74, 6) is 0.549. The molecule has 4 nitrogen and oxygen atoms in total. The fourth-order valence-electron chi connectivity index (χ4n) is 1.96. The Morgan fingerprint density at radius 1 is 1.53 bits per heavy atom. The number of nitrogens with zero attached hydrogens (tertiary/aromatic N) is 1. The van der Waals surface area contributed by atoms with E-state index in [1.165, 1.54) is 11.3 Å². The van der Waals surface area contributed by atoms with Gasteiger partial charge in [-0.2, -0.15) is 4.31 Å². The quantitative estimate of drug-likeness (QED) is 0.806. The largest absolute Gasteiger partial charge is 0.326 e. The summed E-state index contributed by atoms with van der Waals surface area (Å²) in [6.07, 6.45) is 3.13. The molecule has 1 aliphatic carbocycles. The molecule has 0 atom stereocenters. The summed E-state index contributed by atoms with van der Waals surface area (Å²) in [5, 5.41) is 0. The Morgan fingerprint density at radius 2 is 2.21 bits per heavy atom. The van der Waals surface area contributed by atoms with E-state index in [0.29, 0.717) is 34.2 Å². The zero-order valence-electron chi connectivity index (χ0n) is 10.9. The summed E-state index contributed by atoms with van der Waals surface area (Å²) < 4.78 is 27.7. The molecule has 108 valence electrons. The van der Waals surface area contributed by atoms with Gasteiger partial charge in [-0.05, 0) is 47.2 Å². The van der Waals surface area contributed by atoms with E-state index in [9.17, 15) is 8.42 Å². The molecule has 2 rings (SSSR count). The SMILES string of the molecule is CCCN(CC1CC1)S(=O)(=O)c1cc(CN)sc1Br. The first-order valence-electron chi connectivity index (χ1n) is 6.47. The van der Waals surface area contributed by atoms with Gasteiger partial charge in [0.2, 0.25) is 10.0 Å². The van der Waals surface area contributed by atoms with Crippen molar-refractivity contribution in [1.82, 2.24) is 4.31 Å². The van der Waals surface area contributed by atoms with E-state index in [4.69, 9.17) is 5.73 Å². The Morgan fingerprint density at radius 3 is 2.68 bits per heavy atom. The highest BCUT2D eigenvalue weighted by atomic mass is 79.9. The van der Waals surface area contributed by atoms with Crippen molar-refractivity contribution in [2.45, 2.75) is 37.6 Å². The van der Waals surface area contributed by atoms with Gasteiger partial charge in [0.05, 0.1) is 3.79 Å². The lowest BCUT2D eigenvalue weighted by molar-refractivity contribution is 0.395. The average molecular weight is 367 g/mol. The topological polar surface area (TPSA) is 63.4 Å². The van der Waals surface area contributed by atoms with Crippen LogP contribution in [0.15, 0.2) is 14.7 Å². The van der Waals surface area contributed by atoms with Gasteiger partial charge in [0.15, 0.2) is 0 Å². The summed E-state index contributed by atoms with van der Waals surface area (Å²) in [6.45, 7) is 3.61. The zero-order valence-corrected chi connectivity index (χ0v) is 14.2. The fraction of sp³-hybridized carbons (Fsp3) is 0.667. The van der Waals surface area contributed by atoms with Crippen LogP contribution in [0.4, 0.5) is 0 Å². The molecule has 19 heavy (non-hydrogen) atoms. The first kappa shape index (κ1) is 15.4. The average Bonchev–Trinajstić information content (AvgIpc) is 3.09. The van der Waals surface area contributed by atoms with Crippen molar-refractivity contribution in [2.75, 3.05) is 13.1 Å². The van der Waals surface area contributed by atoms with E-state index in [-0.39, 0.29) is 0 Å². The predicted molar refractivity (Wildman–Crippen MR) is 81.7 cm³/mol. The van der Waals surface area contributed by atoms with E-state index in [1.807, 2.05) is 6.92 Å². The summed E-state index contributed by atoms with van der Waals surface area (Å²) in [6, 6.07) is 1.69. The molecule has 0 bridgehead atoms. The van der Waals surface area contributed by atoms with Crippen molar-refractivity contribution >= 4 is 37.3 Å². The Kier molecular flexibility index (Phi) is 5.05. The van der Waals surface area contributed by atoms with Gasteiger partial charge in [-0.3, -0.25) is 0 Å². The summed E-state index contributed by atoms with van der Waals surface area (Å²) >= 11 is 4.75. The van der Waals surface area contributed by atoms with Crippen LogP contribution < -0.4 is 5.73 Å². The zero-order chi connectivity index (χ0) is 14.0. The van der Waals surface area contributed by atoms with Crippen LogP contribution in [0, 0.1) is 5.92 Å². The summed E-state index contributed by atoms with van der Waals surface area (Å²) in [7, 11) is -3.40. The maximum absolute atomic E-state index is 12.7. The fourth-order valence-corrected chi connectivity index (χ4v) is 6.08. The number of hydrogen-bond donors (Lipinski definition) is 1. The third kappa shape index (κ3) is 3.58. The van der Waals surface area contributed by atoms with Crippen LogP contribution >= 0.6 is 27.3 Å². The van der Waals surface area contributed by atoms with Crippen molar-refractivity contribution in [3.8, 4) is 0 Å². The molecule has 2 N–H and O–H groups in total. The van der Waals surface area contributed by atoms with Crippen LogP contribution in [-0.2, 0) is 16.6 Å². The van der Waals surface area contributed by atoms with Gasteiger partial charge in [0.1, 0.15) is 4.90 Å². The Hall–Kier alpha value is 0.0500. The third-order valence-electron chi connectivity index (χ3n) is 3.16. The van der Waals surface area contributed by atoms with Gasteiger partial charge < -0.3 is 5.73 Å². The van der Waals surface area contributed by atoms with E-state index >= 15 is 0 Å². The van der Waals surface area contributed by atoms with Crippen molar-refractivity contribution in [3.05, 3.63) is 14.7 Å². The molecule has 1 aliphatic rings. The molecule has 1 heterocycles. The molecular formula is C12H19BrN2O2S2. The van der Waals surface area contributed by atoms with Gasteiger partial charge in [0, 0.05) is 24.5 Å². The maximum Gasteiger partial charge on any atom is 0.245 e. The molecular weight excluding hydrogens is 348 g/mol. The smallest absolute Gasteiger partial charge is 0.245 e. The summed E-state index contributed by atoms with van der Waals surface area (Å²) in [5.41, 5.74) is 5.58. The van der Waals surface area contributed by atoms with Crippen LogP contribution in [0.5, 0.6) is 0 Å². The van der Waals surface area contributed by atoms with Crippen LogP contribution in [-0.4, -0.2) is 25.8 Å². The molecule has 1 saturated carbocycles. The highest BCUT2D eigenvalue weighted by Gasteiger charge is 2.33. The third-order valence-corrected chi connectivity index (χ3v) is 7.30. The number of thiophene rings is 1. The van der Waals surface area contributed by atoms with E-state index in [0.717, 1.165) is 24.1 Å². The number of rotatable bonds is 7. The van der Waals surface area contributed by atoms with Crippen molar-refractivity contribution < 1.29 is 8.42 Å². The first-order chi connectivity index (χ1) is 8.98. The highest BCUT2D eigenvalue weighted by Crippen LogP contribution is 2.36. The van der Waals surface area contributed by atoms with Crippen LogP contribution in [0.2, 0.25) is 0 Å². The molecule has 0 saturated heterocycles. The molecule has 1 aromatic heterocycles. The number of nitrogens with two attached hydrogens (primary N) is 1. The minimum absolute atomic E-state index is 0.368. The molecule has 0 spiro atoms. The first-order valence-corrected chi connectivity index (χ1v) is 9.52. The molecule has 0 aromatic carbocycles. The molecule has 1 aromatic rings. The monoisotopic (exact) mass is 366 g/mol. The van der Waals surface area contributed by atoms with Crippen LogP contribution in [0.3, 0.4) is 0 Å². The Bertz CT molecular complexity index is 538. The Balaban J connectivity index is 2.28. The lowest BCUT2D eigenvalue weighted by Gasteiger charge is -2.21. The van der Waals surface area contributed by atoms with Crippen molar-refractivity contribution in [2.24, 2.45) is 11.7 Å². The van der Waals surface area contributed by atoms with Gasteiger partial charge >= 0.3 is 0 Å². The molecule has 7 heteroatoms. The van der Waals surface area contributed by atoms with Crippen molar-refractivity contribution in [1.29, 1.82) is 0 Å². The number of halogens is 1. The van der Waals surface area contributed by atoms with Gasteiger partial charge in [-0.15, -0.1) is 11.3 Å². The van der Waals surface area contributed by atoms with E-state index in [1.54, 1.807) is 10.4 Å². The summed E-state index contributed by atoms with van der Waals surface area (Å²) in [4.78, 5) is 1.25. The van der Waals surface area contributed by atoms with Gasteiger partial charge in [0.25, 0.3) is 0 Å². The van der Waals surface area contributed by atoms with Gasteiger partial charge in [-0.1, -0.05) is 6.92 Å².